The standard InChI is InChI=1S/C22H26N2O4/c1-16-4-6-19(14-17(16)2)27-12-13-28-20-7-5-18(15-21(20)26-3)9-11-24-22(25)8-10-23/h4-7,14-15H,8-9,11-13H2,1-3H3,(H,24,25). The van der Waals surface area contributed by atoms with Gasteiger partial charge in [-0.1, -0.05) is 12.1 Å². The summed E-state index contributed by atoms with van der Waals surface area (Å²) in [4.78, 5) is 11.3. The zero-order valence-electron chi connectivity index (χ0n) is 16.6. The average molecular weight is 382 g/mol. The Morgan fingerprint density at radius 2 is 1.82 bits per heavy atom. The van der Waals surface area contributed by atoms with Gasteiger partial charge in [0.15, 0.2) is 11.5 Å². The normalized spacial score (nSPS) is 10.1. The Kier molecular flexibility index (Phi) is 8.16. The number of carbonyl (C=O) groups excluding carboxylic acids is 1. The molecule has 0 heterocycles. The topological polar surface area (TPSA) is 80.6 Å². The molecule has 0 aliphatic rings. The van der Waals surface area contributed by atoms with Gasteiger partial charge >= 0.3 is 0 Å². The molecular formula is C22H26N2O4. The Morgan fingerprint density at radius 1 is 1.04 bits per heavy atom. The molecule has 0 atom stereocenters. The van der Waals surface area contributed by atoms with Crippen LogP contribution in [0.1, 0.15) is 23.1 Å². The minimum Gasteiger partial charge on any atom is -0.493 e. The van der Waals surface area contributed by atoms with Gasteiger partial charge in [-0.3, -0.25) is 4.79 Å². The second-order valence-corrected chi connectivity index (χ2v) is 6.36. The average Bonchev–Trinajstić information content (AvgIpc) is 2.68. The van der Waals surface area contributed by atoms with Crippen LogP contribution in [-0.2, 0) is 11.2 Å². The Labute approximate surface area is 166 Å². The molecule has 0 radical (unpaired) electrons. The first-order valence-electron chi connectivity index (χ1n) is 9.17. The van der Waals surface area contributed by atoms with Crippen LogP contribution in [0, 0.1) is 25.2 Å². The number of amides is 1. The van der Waals surface area contributed by atoms with Gasteiger partial charge in [-0.05, 0) is 61.2 Å². The van der Waals surface area contributed by atoms with Crippen LogP contribution in [0.3, 0.4) is 0 Å². The third kappa shape index (κ3) is 6.51. The molecule has 0 fully saturated rings. The van der Waals surface area contributed by atoms with Crippen molar-refractivity contribution in [3.05, 3.63) is 53.1 Å². The Balaban J connectivity index is 1.82. The predicted octanol–water partition coefficient (Wildman–Crippen LogP) is 3.34. The highest BCUT2D eigenvalue weighted by atomic mass is 16.5. The molecule has 1 amide bonds. The van der Waals surface area contributed by atoms with E-state index in [1.807, 2.05) is 42.5 Å². The molecule has 0 aromatic heterocycles. The van der Waals surface area contributed by atoms with Crippen molar-refractivity contribution in [2.45, 2.75) is 26.7 Å². The van der Waals surface area contributed by atoms with Crippen LogP contribution in [0.4, 0.5) is 0 Å². The summed E-state index contributed by atoms with van der Waals surface area (Å²) in [5.74, 6) is 1.83. The summed E-state index contributed by atoms with van der Waals surface area (Å²) in [6.07, 6.45) is 0.518. The highest BCUT2D eigenvalue weighted by Crippen LogP contribution is 2.28. The summed E-state index contributed by atoms with van der Waals surface area (Å²) >= 11 is 0. The van der Waals surface area contributed by atoms with Crippen LogP contribution in [0.15, 0.2) is 36.4 Å². The fraction of sp³-hybridized carbons (Fsp3) is 0.364. The second-order valence-electron chi connectivity index (χ2n) is 6.36. The highest BCUT2D eigenvalue weighted by molar-refractivity contribution is 5.77. The van der Waals surface area contributed by atoms with Crippen LogP contribution >= 0.6 is 0 Å². The molecule has 0 unspecified atom stereocenters. The number of carbonyl (C=O) groups is 1. The van der Waals surface area contributed by atoms with E-state index in [9.17, 15) is 4.79 Å². The summed E-state index contributed by atoms with van der Waals surface area (Å²) in [7, 11) is 1.59. The van der Waals surface area contributed by atoms with Gasteiger partial charge in [0.2, 0.25) is 5.91 Å². The minimum absolute atomic E-state index is 0.125. The number of hydrogen-bond acceptors (Lipinski definition) is 5. The van der Waals surface area contributed by atoms with Crippen LogP contribution in [0.25, 0.3) is 0 Å². The minimum atomic E-state index is -0.266. The van der Waals surface area contributed by atoms with Crippen molar-refractivity contribution < 1.29 is 19.0 Å². The van der Waals surface area contributed by atoms with E-state index in [0.717, 1.165) is 11.3 Å². The van der Waals surface area contributed by atoms with Gasteiger partial charge in [-0.25, -0.2) is 0 Å². The number of ether oxygens (including phenoxy) is 3. The van der Waals surface area contributed by atoms with Gasteiger partial charge in [-0.2, -0.15) is 5.26 Å². The molecule has 6 heteroatoms. The van der Waals surface area contributed by atoms with E-state index >= 15 is 0 Å². The Morgan fingerprint density at radius 3 is 2.54 bits per heavy atom. The van der Waals surface area contributed by atoms with Crippen molar-refractivity contribution in [2.75, 3.05) is 26.9 Å². The monoisotopic (exact) mass is 382 g/mol. The Hall–Kier alpha value is -3.20. The molecule has 6 nitrogen and oxygen atoms in total. The van der Waals surface area contributed by atoms with Crippen LogP contribution < -0.4 is 19.5 Å². The van der Waals surface area contributed by atoms with E-state index < -0.39 is 0 Å². The molecule has 2 aromatic rings. The van der Waals surface area contributed by atoms with E-state index in [-0.39, 0.29) is 12.3 Å². The Bertz CT molecular complexity index is 843. The lowest BCUT2D eigenvalue weighted by atomic mass is 10.1. The van der Waals surface area contributed by atoms with Crippen molar-refractivity contribution >= 4 is 5.91 Å². The van der Waals surface area contributed by atoms with Gasteiger partial charge in [0, 0.05) is 6.54 Å². The molecule has 28 heavy (non-hydrogen) atoms. The lowest BCUT2D eigenvalue weighted by Crippen LogP contribution is -2.24. The maximum Gasteiger partial charge on any atom is 0.234 e. The first kappa shape index (κ1) is 21.1. The zero-order chi connectivity index (χ0) is 20.4. The highest BCUT2D eigenvalue weighted by Gasteiger charge is 2.07. The lowest BCUT2D eigenvalue weighted by molar-refractivity contribution is -0.120. The van der Waals surface area contributed by atoms with Gasteiger partial charge < -0.3 is 19.5 Å². The molecule has 0 saturated carbocycles. The predicted molar refractivity (Wildman–Crippen MR) is 107 cm³/mol. The van der Waals surface area contributed by atoms with E-state index in [1.165, 1.54) is 11.1 Å². The summed E-state index contributed by atoms with van der Waals surface area (Å²) < 4.78 is 16.9. The van der Waals surface area contributed by atoms with Gasteiger partial charge in [0.25, 0.3) is 0 Å². The molecule has 1 N–H and O–H groups in total. The van der Waals surface area contributed by atoms with Gasteiger partial charge in [0.1, 0.15) is 25.4 Å². The van der Waals surface area contributed by atoms with E-state index in [1.54, 1.807) is 7.11 Å². The molecule has 148 valence electrons. The summed E-state index contributed by atoms with van der Waals surface area (Å²) in [5.41, 5.74) is 3.44. The lowest BCUT2D eigenvalue weighted by Gasteiger charge is -2.13. The van der Waals surface area contributed by atoms with Crippen LogP contribution in [0.5, 0.6) is 17.2 Å². The summed E-state index contributed by atoms with van der Waals surface area (Å²) in [6.45, 7) is 5.41. The quantitative estimate of drug-likeness (QED) is 0.638. The summed E-state index contributed by atoms with van der Waals surface area (Å²) in [5, 5.41) is 11.2. The second kappa shape index (κ2) is 10.8. The maximum atomic E-state index is 11.3. The third-order valence-electron chi connectivity index (χ3n) is 4.29. The number of rotatable bonds is 10. The molecule has 0 bridgehead atoms. The van der Waals surface area contributed by atoms with Crippen molar-refractivity contribution in [3.8, 4) is 23.3 Å². The number of nitrogens with zero attached hydrogens (tertiary/aromatic N) is 1. The largest absolute Gasteiger partial charge is 0.493 e. The number of nitriles is 1. The summed E-state index contributed by atoms with van der Waals surface area (Å²) in [6, 6.07) is 13.5. The smallest absolute Gasteiger partial charge is 0.234 e. The molecule has 0 spiro atoms. The first-order valence-corrected chi connectivity index (χ1v) is 9.17. The van der Waals surface area contributed by atoms with Gasteiger partial charge in [-0.15, -0.1) is 0 Å². The van der Waals surface area contributed by atoms with Crippen LogP contribution in [-0.4, -0.2) is 32.8 Å². The third-order valence-corrected chi connectivity index (χ3v) is 4.29. The van der Waals surface area contributed by atoms with Crippen molar-refractivity contribution in [1.82, 2.24) is 5.32 Å². The SMILES string of the molecule is COc1cc(CCNC(=O)CC#N)ccc1OCCOc1ccc(C)c(C)c1. The first-order chi connectivity index (χ1) is 13.5. The fourth-order valence-electron chi connectivity index (χ4n) is 2.58. The number of benzene rings is 2. The molecule has 0 aliphatic carbocycles. The van der Waals surface area contributed by atoms with Crippen molar-refractivity contribution in [1.29, 1.82) is 5.26 Å². The number of methoxy groups -OCH3 is 1. The molecular weight excluding hydrogens is 356 g/mol. The van der Waals surface area contributed by atoms with E-state index in [0.29, 0.717) is 37.7 Å². The maximum absolute atomic E-state index is 11.3. The molecule has 2 rings (SSSR count). The number of nitrogens with one attached hydrogen (secondary N) is 1. The number of aryl methyl sites for hydroxylation is 2. The molecule has 2 aromatic carbocycles. The fourth-order valence-corrected chi connectivity index (χ4v) is 2.58. The van der Waals surface area contributed by atoms with Crippen LogP contribution in [0.2, 0.25) is 0 Å². The van der Waals surface area contributed by atoms with Crippen molar-refractivity contribution in [2.24, 2.45) is 0 Å². The molecule has 0 saturated heterocycles. The zero-order valence-corrected chi connectivity index (χ0v) is 16.6. The number of hydrogen-bond donors (Lipinski definition) is 1. The van der Waals surface area contributed by atoms with Crippen molar-refractivity contribution in [3.63, 3.8) is 0 Å². The van der Waals surface area contributed by atoms with Gasteiger partial charge in [0.05, 0.1) is 13.2 Å². The van der Waals surface area contributed by atoms with E-state index in [2.05, 4.69) is 19.2 Å². The molecule has 0 aliphatic heterocycles. The van der Waals surface area contributed by atoms with E-state index in [4.69, 9.17) is 19.5 Å².